The van der Waals surface area contributed by atoms with Crippen LogP contribution in [0.3, 0.4) is 0 Å². The molecule has 0 aliphatic rings. The van der Waals surface area contributed by atoms with E-state index in [-0.39, 0.29) is 49.3 Å². The minimum absolute atomic E-state index is 0. The first-order chi connectivity index (χ1) is 5.55. The predicted molar refractivity (Wildman–Crippen MR) is 56.3 cm³/mol. The smallest absolute Gasteiger partial charge is 0 e. The van der Waals surface area contributed by atoms with Gasteiger partial charge in [-0.25, -0.2) is 5.57 Å². The molecule has 79 valence electrons. The molecule has 0 aromatic heterocycles. The Labute approximate surface area is 114 Å². The van der Waals surface area contributed by atoms with Crippen LogP contribution in [0.25, 0.3) is 0 Å². The normalized spacial score (nSPS) is 13.5. The quantitative estimate of drug-likeness (QED) is 0.527. The molecule has 0 aliphatic carbocycles. The summed E-state index contributed by atoms with van der Waals surface area (Å²) in [6, 6.07) is 0. The van der Waals surface area contributed by atoms with Gasteiger partial charge in [0.25, 0.3) is 0 Å². The molecule has 0 aromatic carbocycles. The maximum absolute atomic E-state index is 11.6. The van der Waals surface area contributed by atoms with Crippen LogP contribution in [0.1, 0.15) is 48.5 Å². The fraction of sp³-hybridized carbons (Fsp3) is 0.750. The van der Waals surface area contributed by atoms with Crippen molar-refractivity contribution in [1.29, 1.82) is 0 Å². The number of carbonyl (C=O) groups excluding carboxylic acids is 1. The van der Waals surface area contributed by atoms with Crippen LogP contribution in [0.2, 0.25) is 0 Å². The van der Waals surface area contributed by atoms with Gasteiger partial charge in [-0.15, -0.1) is 0 Å². The van der Waals surface area contributed by atoms with Crippen molar-refractivity contribution in [2.75, 3.05) is 0 Å². The molecule has 0 bridgehead atoms. The third-order valence-electron chi connectivity index (χ3n) is 2.11. The van der Waals surface area contributed by atoms with E-state index in [0.29, 0.717) is 0 Å². The van der Waals surface area contributed by atoms with Crippen LogP contribution in [-0.2, 0) is 37.5 Å². The second kappa shape index (κ2) is 5.56. The predicted octanol–water partition coefficient (Wildman–Crippen LogP) is 3.39. The van der Waals surface area contributed by atoms with Crippen molar-refractivity contribution < 1.29 is 37.5 Å². The molecule has 0 atom stereocenters. The first kappa shape index (κ1) is 16.9. The Bertz CT molecular complexity index is 226. The molecule has 0 saturated carbocycles. The molecule has 0 unspecified atom stereocenters. The SMILES string of the molecule is CC(=[C-]C(=O)C(C)(C)C)C(C)(C)C.[Y]. The van der Waals surface area contributed by atoms with Crippen molar-refractivity contribution >= 4 is 5.78 Å². The molecule has 0 N–H and O–H groups in total. The third-order valence-corrected chi connectivity index (χ3v) is 2.11. The molecule has 0 aliphatic heterocycles. The van der Waals surface area contributed by atoms with Crippen LogP contribution in [0, 0.1) is 16.9 Å². The zero-order valence-corrected chi connectivity index (χ0v) is 13.3. The molecule has 0 heterocycles. The van der Waals surface area contributed by atoms with Crippen LogP contribution in [0.4, 0.5) is 0 Å². The first-order valence-electron chi connectivity index (χ1n) is 4.70. The standard InChI is InChI=1S/C12H21O.Y/c1-9(11(2,3)4)8-10(13)12(5,6)7;/h1-7H3;/q-1;. The molecule has 1 nitrogen and oxygen atoms in total. The Morgan fingerprint density at radius 3 is 1.50 bits per heavy atom. The van der Waals surface area contributed by atoms with E-state index in [4.69, 9.17) is 0 Å². The zero-order chi connectivity index (χ0) is 10.9. The minimum atomic E-state index is -0.313. The number of hydrogen-bond acceptors (Lipinski definition) is 1. The number of carbonyl (C=O) groups is 1. The Balaban J connectivity index is 0. The summed E-state index contributed by atoms with van der Waals surface area (Å²) in [6.45, 7) is 14.0. The number of rotatable bonds is 1. The summed E-state index contributed by atoms with van der Waals surface area (Å²) < 4.78 is 0. The van der Waals surface area contributed by atoms with Crippen molar-refractivity contribution in [3.8, 4) is 0 Å². The van der Waals surface area contributed by atoms with Crippen molar-refractivity contribution in [2.45, 2.75) is 48.5 Å². The first-order valence-corrected chi connectivity index (χ1v) is 4.70. The van der Waals surface area contributed by atoms with Crippen LogP contribution in [-0.4, -0.2) is 5.78 Å². The van der Waals surface area contributed by atoms with E-state index in [1.807, 2.05) is 27.7 Å². The maximum atomic E-state index is 11.6. The zero-order valence-electron chi connectivity index (χ0n) is 10.5. The van der Waals surface area contributed by atoms with Gasteiger partial charge in [-0.3, -0.25) is 0 Å². The summed E-state index contributed by atoms with van der Waals surface area (Å²) in [6.07, 6.45) is 2.94. The molecular weight excluding hydrogens is 249 g/mol. The Morgan fingerprint density at radius 1 is 0.929 bits per heavy atom. The van der Waals surface area contributed by atoms with E-state index in [1.165, 1.54) is 0 Å². The van der Waals surface area contributed by atoms with Gasteiger partial charge >= 0.3 is 0 Å². The van der Waals surface area contributed by atoms with Gasteiger partial charge in [0.1, 0.15) is 0 Å². The van der Waals surface area contributed by atoms with Crippen molar-refractivity contribution in [3.63, 3.8) is 0 Å². The minimum Gasteiger partial charge on any atom is -0.427 e. The molecule has 0 spiro atoms. The van der Waals surface area contributed by atoms with Crippen molar-refractivity contribution in [2.24, 2.45) is 10.8 Å². The topological polar surface area (TPSA) is 17.1 Å². The van der Waals surface area contributed by atoms with E-state index in [2.05, 4.69) is 26.8 Å². The molecule has 0 rings (SSSR count). The summed E-state index contributed by atoms with van der Waals surface area (Å²) in [7, 11) is 0. The molecule has 14 heavy (non-hydrogen) atoms. The number of ketones is 1. The van der Waals surface area contributed by atoms with E-state index in [1.54, 1.807) is 0 Å². The van der Waals surface area contributed by atoms with Crippen molar-refractivity contribution in [1.82, 2.24) is 0 Å². The molecule has 0 aromatic rings. The fourth-order valence-electron chi connectivity index (χ4n) is 0.545. The molecule has 0 saturated heterocycles. The van der Waals surface area contributed by atoms with E-state index in [0.717, 1.165) is 5.57 Å². The van der Waals surface area contributed by atoms with Crippen LogP contribution in [0.5, 0.6) is 0 Å². The summed E-state index contributed by atoms with van der Waals surface area (Å²) in [5.41, 5.74) is 0.750. The number of hydrogen-bond donors (Lipinski definition) is 0. The number of Topliss-reactive ketones (excluding diaryl/α,β-unsaturated/α-hetero) is 1. The van der Waals surface area contributed by atoms with Gasteiger partial charge in [-0.2, -0.15) is 0 Å². The molecule has 2 heteroatoms. The van der Waals surface area contributed by atoms with Crippen molar-refractivity contribution in [3.05, 3.63) is 11.6 Å². The summed E-state index contributed by atoms with van der Waals surface area (Å²) in [5.74, 6) is 0.0833. The summed E-state index contributed by atoms with van der Waals surface area (Å²) in [4.78, 5) is 11.6. The Morgan fingerprint density at radius 2 is 1.29 bits per heavy atom. The molecule has 0 fully saturated rings. The summed E-state index contributed by atoms with van der Waals surface area (Å²) in [5, 5.41) is 0. The maximum Gasteiger partial charge on any atom is 0 e. The second-order valence-electron chi connectivity index (χ2n) is 5.58. The van der Waals surface area contributed by atoms with Gasteiger partial charge in [0.2, 0.25) is 0 Å². The van der Waals surface area contributed by atoms with Gasteiger partial charge in [0.15, 0.2) is 0 Å². The molecular formula is C12H21OY-. The molecule has 1 radical (unpaired) electrons. The third kappa shape index (κ3) is 6.08. The van der Waals surface area contributed by atoms with Gasteiger partial charge in [0.05, 0.1) is 0 Å². The van der Waals surface area contributed by atoms with Gasteiger partial charge in [0, 0.05) is 32.7 Å². The average Bonchev–Trinajstić information content (AvgIpc) is 1.82. The largest absolute Gasteiger partial charge is 0.427 e. The monoisotopic (exact) mass is 270 g/mol. The van der Waals surface area contributed by atoms with E-state index >= 15 is 0 Å². The Hall–Kier alpha value is 0.514. The molecule has 0 amide bonds. The number of allylic oxidation sites excluding steroid dienone is 2. The van der Waals surface area contributed by atoms with Gasteiger partial charge in [-0.05, 0) is 16.6 Å². The Kier molecular flexibility index (Phi) is 6.72. The van der Waals surface area contributed by atoms with Gasteiger partial charge < -0.3 is 10.9 Å². The van der Waals surface area contributed by atoms with Crippen LogP contribution < -0.4 is 0 Å². The van der Waals surface area contributed by atoms with Crippen LogP contribution in [0.15, 0.2) is 5.57 Å². The average molecular weight is 270 g/mol. The second-order valence-corrected chi connectivity index (χ2v) is 5.58. The van der Waals surface area contributed by atoms with E-state index in [9.17, 15) is 4.79 Å². The summed E-state index contributed by atoms with van der Waals surface area (Å²) >= 11 is 0. The fourth-order valence-corrected chi connectivity index (χ4v) is 0.545. The van der Waals surface area contributed by atoms with E-state index < -0.39 is 0 Å². The van der Waals surface area contributed by atoms with Crippen LogP contribution >= 0.6 is 0 Å². The van der Waals surface area contributed by atoms with Gasteiger partial charge in [-0.1, -0.05) is 48.5 Å².